The molecule has 0 amide bonds. The summed E-state index contributed by atoms with van der Waals surface area (Å²) in [7, 11) is 0. The Morgan fingerprint density at radius 2 is 2.20 bits per heavy atom. The van der Waals surface area contributed by atoms with Gasteiger partial charge in [-0.25, -0.2) is 0 Å². The van der Waals surface area contributed by atoms with Gasteiger partial charge in [0.25, 0.3) is 0 Å². The van der Waals surface area contributed by atoms with Gasteiger partial charge in [0, 0.05) is 0 Å². The van der Waals surface area contributed by atoms with Crippen LogP contribution in [0.25, 0.3) is 0 Å². The highest BCUT2D eigenvalue weighted by Gasteiger charge is 1.88. The van der Waals surface area contributed by atoms with Crippen LogP contribution < -0.4 is 0 Å². The first-order chi connectivity index (χ1) is 7.33. The molecule has 0 spiro atoms. The standard InChI is InChI=1S/C15H18/c1-3-4-5-6-7-8-11-15-12-9-10-14(2)13-15/h4,6-10,12-13H,3,11H2,1-2H3/b8-7-. The Balaban J connectivity index is 2.47. The molecule has 0 atom stereocenters. The maximum absolute atomic E-state index is 3.10. The quantitative estimate of drug-likeness (QED) is 0.502. The van der Waals surface area contributed by atoms with E-state index in [1.807, 2.05) is 12.2 Å². The zero-order valence-electron chi connectivity index (χ0n) is 9.53. The number of benzene rings is 1. The molecule has 1 rings (SSSR count). The normalized spacial score (nSPS) is 10.0. The minimum absolute atomic E-state index is 0.992. The molecule has 0 saturated heterocycles. The molecular formula is C15H18. The van der Waals surface area contributed by atoms with Gasteiger partial charge in [0.1, 0.15) is 0 Å². The number of allylic oxidation sites excluding steroid dienone is 3. The highest BCUT2D eigenvalue weighted by atomic mass is 13.9. The van der Waals surface area contributed by atoms with Gasteiger partial charge in [-0.05, 0) is 37.5 Å². The van der Waals surface area contributed by atoms with Gasteiger partial charge in [0.2, 0.25) is 0 Å². The second-order valence-corrected chi connectivity index (χ2v) is 3.57. The van der Waals surface area contributed by atoms with Crippen molar-refractivity contribution in [1.29, 1.82) is 0 Å². The van der Waals surface area contributed by atoms with Gasteiger partial charge in [-0.15, -0.1) is 5.73 Å². The number of hydrogen-bond acceptors (Lipinski definition) is 0. The summed E-state index contributed by atoms with van der Waals surface area (Å²) in [4.78, 5) is 0. The van der Waals surface area contributed by atoms with Crippen LogP contribution in [0.1, 0.15) is 24.5 Å². The maximum atomic E-state index is 3.10. The lowest BCUT2D eigenvalue weighted by Gasteiger charge is -1.96. The molecule has 1 aromatic carbocycles. The smallest absolute Gasteiger partial charge is 0.00940 e. The van der Waals surface area contributed by atoms with Crippen molar-refractivity contribution in [3.05, 3.63) is 65.4 Å². The summed E-state index contributed by atoms with van der Waals surface area (Å²) in [6.45, 7) is 4.23. The first-order valence-electron chi connectivity index (χ1n) is 5.44. The molecule has 0 radical (unpaired) electrons. The van der Waals surface area contributed by atoms with Crippen LogP contribution in [0.5, 0.6) is 0 Å². The van der Waals surface area contributed by atoms with Crippen molar-refractivity contribution < 1.29 is 0 Å². The number of aryl methyl sites for hydroxylation is 1. The molecule has 78 valence electrons. The van der Waals surface area contributed by atoms with E-state index in [0.29, 0.717) is 0 Å². The second-order valence-electron chi connectivity index (χ2n) is 3.57. The SMILES string of the molecule is CCC=C=C/C=C\Cc1cccc(C)c1. The lowest BCUT2D eigenvalue weighted by molar-refractivity contribution is 1.23. The van der Waals surface area contributed by atoms with E-state index >= 15 is 0 Å². The van der Waals surface area contributed by atoms with Crippen molar-refractivity contribution >= 4 is 0 Å². The topological polar surface area (TPSA) is 0 Å². The highest BCUT2D eigenvalue weighted by Crippen LogP contribution is 2.04. The summed E-state index contributed by atoms with van der Waals surface area (Å²) < 4.78 is 0. The lowest BCUT2D eigenvalue weighted by Crippen LogP contribution is -1.80. The zero-order chi connectivity index (χ0) is 10.9. The molecule has 0 aliphatic carbocycles. The molecule has 0 aromatic heterocycles. The number of rotatable bonds is 4. The molecule has 15 heavy (non-hydrogen) atoms. The van der Waals surface area contributed by atoms with E-state index in [0.717, 1.165) is 12.8 Å². The third-order valence-corrected chi connectivity index (χ3v) is 2.09. The van der Waals surface area contributed by atoms with Crippen LogP contribution in [0.2, 0.25) is 0 Å². The van der Waals surface area contributed by atoms with Crippen molar-refractivity contribution in [2.24, 2.45) is 0 Å². The molecular weight excluding hydrogens is 180 g/mol. The van der Waals surface area contributed by atoms with Gasteiger partial charge in [-0.3, -0.25) is 0 Å². The molecule has 0 nitrogen and oxygen atoms in total. The summed E-state index contributed by atoms with van der Waals surface area (Å²) in [5.41, 5.74) is 5.78. The average Bonchev–Trinajstić information content (AvgIpc) is 2.23. The fourth-order valence-corrected chi connectivity index (χ4v) is 1.35. The Hall–Kier alpha value is -1.52. The molecule has 0 unspecified atom stereocenters. The van der Waals surface area contributed by atoms with Crippen LogP contribution in [-0.4, -0.2) is 0 Å². The predicted molar refractivity (Wildman–Crippen MR) is 67.0 cm³/mol. The molecule has 0 fully saturated rings. The third-order valence-electron chi connectivity index (χ3n) is 2.09. The van der Waals surface area contributed by atoms with E-state index in [2.05, 4.69) is 56.0 Å². The minimum Gasteiger partial charge on any atom is -0.125 e. The highest BCUT2D eigenvalue weighted by molar-refractivity contribution is 5.24. The van der Waals surface area contributed by atoms with Crippen LogP contribution in [0.4, 0.5) is 0 Å². The summed E-state index contributed by atoms with van der Waals surface area (Å²) in [6.07, 6.45) is 10.2. The third kappa shape index (κ3) is 5.05. The molecule has 0 N–H and O–H groups in total. The number of hydrogen-bond donors (Lipinski definition) is 0. The van der Waals surface area contributed by atoms with E-state index in [4.69, 9.17) is 0 Å². The Morgan fingerprint density at radius 3 is 2.93 bits per heavy atom. The molecule has 0 heterocycles. The fourth-order valence-electron chi connectivity index (χ4n) is 1.35. The van der Waals surface area contributed by atoms with E-state index in [-0.39, 0.29) is 0 Å². The summed E-state index contributed by atoms with van der Waals surface area (Å²) in [5.74, 6) is 0. The average molecular weight is 198 g/mol. The zero-order valence-corrected chi connectivity index (χ0v) is 9.53. The summed E-state index contributed by atoms with van der Waals surface area (Å²) >= 11 is 0. The molecule has 0 bridgehead atoms. The predicted octanol–water partition coefficient (Wildman–Crippen LogP) is 4.22. The Kier molecular flexibility index (Phi) is 5.29. The van der Waals surface area contributed by atoms with E-state index < -0.39 is 0 Å². The van der Waals surface area contributed by atoms with Crippen molar-refractivity contribution in [2.75, 3.05) is 0 Å². The van der Waals surface area contributed by atoms with Gasteiger partial charge in [-0.2, -0.15) is 0 Å². The Bertz CT molecular complexity index is 377. The van der Waals surface area contributed by atoms with Gasteiger partial charge >= 0.3 is 0 Å². The Labute approximate surface area is 92.6 Å². The van der Waals surface area contributed by atoms with E-state index in [9.17, 15) is 0 Å². The van der Waals surface area contributed by atoms with E-state index in [1.54, 1.807) is 0 Å². The van der Waals surface area contributed by atoms with Gasteiger partial charge in [0.15, 0.2) is 0 Å². The van der Waals surface area contributed by atoms with Gasteiger partial charge in [-0.1, -0.05) is 48.9 Å². The molecule has 1 aromatic rings. The summed E-state index contributed by atoms with van der Waals surface area (Å²) in [6, 6.07) is 8.60. The monoisotopic (exact) mass is 198 g/mol. The Morgan fingerprint density at radius 1 is 1.33 bits per heavy atom. The minimum atomic E-state index is 0.992. The lowest BCUT2D eigenvalue weighted by atomic mass is 10.1. The fraction of sp³-hybridized carbons (Fsp3) is 0.267. The first-order valence-corrected chi connectivity index (χ1v) is 5.44. The first kappa shape index (κ1) is 11.6. The maximum Gasteiger partial charge on any atom is -0.00940 e. The molecule has 0 aliphatic rings. The second kappa shape index (κ2) is 6.86. The van der Waals surface area contributed by atoms with Crippen molar-refractivity contribution in [2.45, 2.75) is 26.7 Å². The van der Waals surface area contributed by atoms with E-state index in [1.165, 1.54) is 11.1 Å². The van der Waals surface area contributed by atoms with Crippen LogP contribution >= 0.6 is 0 Å². The van der Waals surface area contributed by atoms with Crippen molar-refractivity contribution in [3.8, 4) is 0 Å². The summed E-state index contributed by atoms with van der Waals surface area (Å²) in [5, 5.41) is 0. The molecule has 0 saturated carbocycles. The van der Waals surface area contributed by atoms with Crippen LogP contribution in [0, 0.1) is 6.92 Å². The van der Waals surface area contributed by atoms with Crippen LogP contribution in [0.3, 0.4) is 0 Å². The van der Waals surface area contributed by atoms with Crippen LogP contribution in [-0.2, 0) is 6.42 Å². The van der Waals surface area contributed by atoms with Crippen molar-refractivity contribution in [3.63, 3.8) is 0 Å². The van der Waals surface area contributed by atoms with Crippen molar-refractivity contribution in [1.82, 2.24) is 0 Å². The van der Waals surface area contributed by atoms with Gasteiger partial charge < -0.3 is 0 Å². The largest absolute Gasteiger partial charge is 0.125 e. The van der Waals surface area contributed by atoms with Gasteiger partial charge in [0.05, 0.1) is 0 Å². The molecule has 0 heteroatoms. The van der Waals surface area contributed by atoms with Crippen LogP contribution in [0.15, 0.2) is 54.3 Å². The molecule has 0 aliphatic heterocycles.